The molecule has 0 aliphatic heterocycles. The molecule has 15 nitrogen and oxygen atoms in total. The third kappa shape index (κ3) is 16.0. The van der Waals surface area contributed by atoms with Crippen LogP contribution in [0.4, 0.5) is 0 Å². The molecule has 0 radical (unpaired) electrons. The molecule has 696 valence electrons. The van der Waals surface area contributed by atoms with Gasteiger partial charge in [-0.15, -0.1) is 89.0 Å². The van der Waals surface area contributed by atoms with Gasteiger partial charge in [0.25, 0.3) is 0 Å². The third-order valence-corrected chi connectivity index (χ3v) is 26.9. The molecule has 0 bridgehead atoms. The zero-order chi connectivity index (χ0) is 94.3. The third-order valence-electron chi connectivity index (χ3n) is 26.9. The Morgan fingerprint density at radius 1 is 0.245 bits per heavy atom. The monoisotopic (exact) mass is 2390 g/mol. The molecule has 0 amide bonds. The summed E-state index contributed by atoms with van der Waals surface area (Å²) in [6.07, 6.45) is 5.57. The molecular weight excluding hydrogens is 2300 g/mol. The van der Waals surface area contributed by atoms with Crippen molar-refractivity contribution in [3.8, 4) is 85.7 Å². The number of para-hydroxylation sites is 6. The molecule has 27 rings (SSSR count). The number of imidazole rings is 3. The van der Waals surface area contributed by atoms with E-state index in [2.05, 4.69) is 398 Å². The molecule has 0 saturated carbocycles. The number of rotatable bonds is 12. The van der Waals surface area contributed by atoms with E-state index in [4.69, 9.17) is 39.1 Å². The number of hydrogen-bond donors (Lipinski definition) is 0. The van der Waals surface area contributed by atoms with E-state index >= 15 is 0 Å². The fraction of sp³-hybridized carbons (Fsp3) is 0.0880. The largest absolute Gasteiger partial charge is 2.00 e. The number of aryl methyl sites for hydroxylation is 3. The van der Waals surface area contributed by atoms with Crippen molar-refractivity contribution in [3.05, 3.63) is 435 Å². The van der Waals surface area contributed by atoms with Gasteiger partial charge in [0, 0.05) is 91.8 Å². The molecule has 0 saturated heterocycles. The first-order valence-corrected chi connectivity index (χ1v) is 47.1. The predicted molar refractivity (Wildman–Crippen MR) is 567 cm³/mol. The van der Waals surface area contributed by atoms with Crippen LogP contribution in [-0.2, 0) is 74.0 Å². The van der Waals surface area contributed by atoms with Crippen LogP contribution in [0.25, 0.3) is 199 Å². The van der Waals surface area contributed by atoms with Crippen LogP contribution in [0.3, 0.4) is 0 Å². The normalized spacial score (nSPS) is 11.8. The molecule has 27 aromatic rings. The summed E-state index contributed by atoms with van der Waals surface area (Å²) in [6, 6.07) is 143. The molecule has 12 heterocycles. The standard InChI is InChI=1S/2C43H32N4O.C39H24N4O.3Pt/c1-27-40(28-13-6-5-7-14-28)47-38-19-11-8-15-32(38)31-22-20-29(25-35(31)41(47)45-27)48-30-21-23-34-33-16-9-10-18-37(33)46(39(34)26-30)42-36(43(2,3)4)17-12-24-44-42;1-27-41(28-12-6-5-7-13-28)47-38-17-11-8-14-33(38)32-20-18-30(25-36(32)42(47)45-27)48-31-19-21-35-34-15-9-10-16-37(34)46(39(35)26-31)40-24-29(22-23-44-40)43(2,3)4;1-25-38(26-11-3-2-4-12-26)43-35-16-8-5-13-30(35)29-20-18-27(23-33(29)39(43)41-25)44-28-19-21-32-31-14-6-7-15-34(31)42(36(32)24-28)37-17-9-10-22-40-37;;;/h2*5-24H,1-4H3;2-22H,1H3;;;/q3*-2;3*+2. The summed E-state index contributed by atoms with van der Waals surface area (Å²) in [7, 11) is 0. The van der Waals surface area contributed by atoms with Crippen LogP contribution in [0.15, 0.2) is 370 Å². The molecule has 0 unspecified atom stereocenters. The van der Waals surface area contributed by atoms with Crippen molar-refractivity contribution in [2.24, 2.45) is 0 Å². The maximum absolute atomic E-state index is 6.58. The van der Waals surface area contributed by atoms with Gasteiger partial charge in [-0.25, -0.2) is 15.0 Å². The summed E-state index contributed by atoms with van der Waals surface area (Å²) in [4.78, 5) is 29.7. The van der Waals surface area contributed by atoms with E-state index in [1.807, 2.05) is 104 Å². The Labute approximate surface area is 868 Å². The minimum Gasteiger partial charge on any atom is -0.503 e. The Hall–Kier alpha value is -15.8. The minimum absolute atomic E-state index is 0. The number of fused-ring (bicyclic) bond motifs is 27. The second-order valence-electron chi connectivity index (χ2n) is 37.7. The van der Waals surface area contributed by atoms with Crippen LogP contribution in [0.2, 0.25) is 0 Å². The smallest absolute Gasteiger partial charge is 0.503 e. The van der Waals surface area contributed by atoms with Crippen LogP contribution >= 0.6 is 0 Å². The molecule has 15 aromatic carbocycles. The van der Waals surface area contributed by atoms with Crippen molar-refractivity contribution < 1.29 is 77.4 Å². The Balaban J connectivity index is 0.000000122. The number of nitrogens with zero attached hydrogens (tertiary/aromatic N) is 12. The van der Waals surface area contributed by atoms with Gasteiger partial charge in [-0.05, 0) is 153 Å². The quantitative estimate of drug-likeness (QED) is 0.0866. The van der Waals surface area contributed by atoms with Crippen LogP contribution < -0.4 is 14.2 Å². The number of hydrogen-bond acceptors (Lipinski definition) is 9. The number of pyridine rings is 6. The van der Waals surface area contributed by atoms with Crippen molar-refractivity contribution in [2.45, 2.75) is 73.1 Å². The van der Waals surface area contributed by atoms with Crippen molar-refractivity contribution in [2.75, 3.05) is 0 Å². The second kappa shape index (κ2) is 37.0. The maximum Gasteiger partial charge on any atom is 2.00 e. The van der Waals surface area contributed by atoms with Gasteiger partial charge in [-0.3, -0.25) is 15.0 Å². The first-order chi connectivity index (χ1) is 68.5. The Morgan fingerprint density at radius 2 is 0.545 bits per heavy atom. The van der Waals surface area contributed by atoms with Crippen LogP contribution in [0, 0.1) is 57.2 Å². The van der Waals surface area contributed by atoms with Crippen molar-refractivity contribution in [1.29, 1.82) is 0 Å². The van der Waals surface area contributed by atoms with E-state index in [0.717, 1.165) is 221 Å². The SMILES string of the molecule is Cc1nc2c3[c-]c(Oc4[c-]c5c(cc4)c4ccccc4n5-c4cc(C(C)(C)C)ccn4)ccc3c3ccccc3n2c1-c1ccccc1.Cc1nc2c3[c-]c(Oc4[c-]c5c(cc4)c4ccccc4n5-c4ccccn4)ccc3c3ccccc3n2c1-c1ccccc1.Cc1nc2c3[c-]c(Oc4[c-]c5c(cc4)c4ccccc4n5-c4ncccc4C(C)(C)C)ccc3c3ccccc3n2c1-c1ccccc1.[Pt+2].[Pt+2].[Pt+2]. The first kappa shape index (κ1) is 92.3. The molecule has 0 fully saturated rings. The topological polar surface area (TPSA) is 133 Å². The van der Waals surface area contributed by atoms with Crippen molar-refractivity contribution in [1.82, 2.24) is 56.8 Å². The van der Waals surface area contributed by atoms with E-state index in [0.29, 0.717) is 34.5 Å². The van der Waals surface area contributed by atoms with Gasteiger partial charge in [-0.1, -0.05) is 321 Å². The summed E-state index contributed by atoms with van der Waals surface area (Å²) >= 11 is 0. The fourth-order valence-electron chi connectivity index (χ4n) is 20.6. The van der Waals surface area contributed by atoms with E-state index in [9.17, 15) is 0 Å². The maximum atomic E-state index is 6.58. The van der Waals surface area contributed by atoms with E-state index in [1.165, 1.54) is 5.56 Å². The summed E-state index contributed by atoms with van der Waals surface area (Å²) < 4.78 is 32.9. The first-order valence-electron chi connectivity index (χ1n) is 47.1. The summed E-state index contributed by atoms with van der Waals surface area (Å²) in [5, 5.41) is 16.1. The number of benzene rings is 15. The number of aromatic nitrogens is 12. The zero-order valence-electron chi connectivity index (χ0n) is 79.3. The van der Waals surface area contributed by atoms with E-state index < -0.39 is 0 Å². The van der Waals surface area contributed by atoms with Crippen molar-refractivity contribution in [3.63, 3.8) is 0 Å². The molecule has 12 aromatic heterocycles. The van der Waals surface area contributed by atoms with Crippen LogP contribution in [0.5, 0.6) is 34.5 Å². The Bertz CT molecular complexity index is 9700. The van der Waals surface area contributed by atoms with E-state index in [-0.39, 0.29) is 74.0 Å². The number of ether oxygens (including phenoxy) is 3. The van der Waals surface area contributed by atoms with Gasteiger partial charge in [0.15, 0.2) is 0 Å². The Morgan fingerprint density at radius 3 is 0.902 bits per heavy atom. The van der Waals surface area contributed by atoms with E-state index in [1.54, 1.807) is 0 Å². The summed E-state index contributed by atoms with van der Waals surface area (Å²) in [5.41, 5.74) is 23.7. The van der Waals surface area contributed by atoms with Gasteiger partial charge < -0.3 is 41.1 Å². The van der Waals surface area contributed by atoms with Gasteiger partial charge in [0.1, 0.15) is 17.5 Å². The minimum atomic E-state index is -0.101. The van der Waals surface area contributed by atoms with Crippen molar-refractivity contribution >= 4 is 147 Å². The zero-order valence-corrected chi connectivity index (χ0v) is 86.1. The second-order valence-corrected chi connectivity index (χ2v) is 37.7. The fourth-order valence-corrected chi connectivity index (χ4v) is 20.6. The van der Waals surface area contributed by atoms with Gasteiger partial charge in [-0.2, -0.15) is 18.2 Å². The average molecular weight is 2390 g/mol. The molecule has 0 spiro atoms. The van der Waals surface area contributed by atoms with Gasteiger partial charge >= 0.3 is 63.2 Å². The summed E-state index contributed by atoms with van der Waals surface area (Å²) in [6.45, 7) is 19.6. The Kier molecular flexibility index (Phi) is 23.9. The molecule has 18 heteroatoms. The predicted octanol–water partition coefficient (Wildman–Crippen LogP) is 31.1. The molecule has 0 atom stereocenters. The molecule has 0 aliphatic rings. The van der Waals surface area contributed by atoms with Gasteiger partial charge in [0.05, 0.1) is 51.1 Å². The van der Waals surface area contributed by atoms with Gasteiger partial charge in [0.2, 0.25) is 0 Å². The average Bonchev–Trinajstić information content (AvgIpc) is 1.64. The van der Waals surface area contributed by atoms with Crippen LogP contribution in [-0.4, -0.2) is 56.8 Å². The molecule has 0 aliphatic carbocycles. The molecular formula is C125H88N12O3Pt3. The molecule has 143 heavy (non-hydrogen) atoms. The van der Waals surface area contributed by atoms with Crippen LogP contribution in [0.1, 0.15) is 69.8 Å². The molecule has 0 N–H and O–H groups in total. The summed E-state index contributed by atoms with van der Waals surface area (Å²) in [5.74, 6) is 6.23.